The van der Waals surface area contributed by atoms with Crippen LogP contribution in [0, 0.1) is 0 Å². The Bertz CT molecular complexity index is 952. The van der Waals surface area contributed by atoms with Gasteiger partial charge >= 0.3 is 0 Å². The number of hydrogen-bond donors (Lipinski definition) is 0. The Morgan fingerprint density at radius 2 is 1.78 bits per heavy atom. The molecule has 0 atom stereocenters. The van der Waals surface area contributed by atoms with Gasteiger partial charge in [0.25, 0.3) is 0 Å². The van der Waals surface area contributed by atoms with Crippen molar-refractivity contribution in [1.82, 2.24) is 9.55 Å². The molecule has 0 spiro atoms. The molecule has 2 heterocycles. The van der Waals surface area contributed by atoms with Crippen LogP contribution in [-0.4, -0.2) is 9.55 Å². The fourth-order valence-corrected chi connectivity index (χ4v) is 3.65. The van der Waals surface area contributed by atoms with Crippen LogP contribution >= 0.6 is 15.9 Å². The van der Waals surface area contributed by atoms with Gasteiger partial charge in [0.2, 0.25) is 0 Å². The average Bonchev–Trinajstić information content (AvgIpc) is 3.04. The van der Waals surface area contributed by atoms with Gasteiger partial charge in [0, 0.05) is 46.3 Å². The van der Waals surface area contributed by atoms with Crippen molar-refractivity contribution in [3.63, 3.8) is 0 Å². The van der Waals surface area contributed by atoms with Crippen molar-refractivity contribution in [1.29, 1.82) is 0 Å². The molecule has 2 aromatic carbocycles. The predicted octanol–water partition coefficient (Wildman–Crippen LogP) is 5.51. The minimum atomic E-state index is 0.831. The SMILES string of the molecule is Brc1cccc2cccc(Cn3cccc3-c3cccnc3)c12. The maximum Gasteiger partial charge on any atom is 0.0499 e. The van der Waals surface area contributed by atoms with Crippen molar-refractivity contribution in [2.75, 3.05) is 0 Å². The van der Waals surface area contributed by atoms with Crippen molar-refractivity contribution >= 4 is 26.7 Å². The molecule has 0 saturated heterocycles. The molecule has 0 saturated carbocycles. The van der Waals surface area contributed by atoms with Gasteiger partial charge in [-0.3, -0.25) is 4.98 Å². The molecule has 4 rings (SSSR count). The maximum atomic E-state index is 4.23. The largest absolute Gasteiger partial charge is 0.343 e. The molecule has 0 aliphatic carbocycles. The number of nitrogens with zero attached hydrogens (tertiary/aromatic N) is 2. The Kier molecular flexibility index (Phi) is 3.72. The van der Waals surface area contributed by atoms with Gasteiger partial charge in [-0.15, -0.1) is 0 Å². The molecule has 112 valence electrons. The van der Waals surface area contributed by atoms with Gasteiger partial charge in [-0.25, -0.2) is 0 Å². The van der Waals surface area contributed by atoms with Crippen LogP contribution in [0.15, 0.2) is 83.7 Å². The third kappa shape index (κ3) is 2.68. The summed E-state index contributed by atoms with van der Waals surface area (Å²) >= 11 is 3.70. The maximum absolute atomic E-state index is 4.23. The highest BCUT2D eigenvalue weighted by Gasteiger charge is 2.08. The number of hydrogen-bond acceptors (Lipinski definition) is 1. The number of fused-ring (bicyclic) bond motifs is 1. The van der Waals surface area contributed by atoms with Gasteiger partial charge in [0.05, 0.1) is 0 Å². The third-order valence-corrected chi connectivity index (χ3v) is 4.73. The fraction of sp³-hybridized carbons (Fsp3) is 0.0500. The van der Waals surface area contributed by atoms with Crippen LogP contribution < -0.4 is 0 Å². The summed E-state index contributed by atoms with van der Waals surface area (Å²) in [6.45, 7) is 0.831. The number of benzene rings is 2. The summed E-state index contributed by atoms with van der Waals surface area (Å²) in [5.74, 6) is 0. The van der Waals surface area contributed by atoms with Gasteiger partial charge in [0.1, 0.15) is 0 Å². The predicted molar refractivity (Wildman–Crippen MR) is 98.4 cm³/mol. The van der Waals surface area contributed by atoms with Crippen molar-refractivity contribution in [3.05, 3.63) is 89.3 Å². The van der Waals surface area contributed by atoms with E-state index in [1.165, 1.54) is 22.0 Å². The van der Waals surface area contributed by atoms with E-state index in [9.17, 15) is 0 Å². The molecule has 3 heteroatoms. The minimum Gasteiger partial charge on any atom is -0.343 e. The van der Waals surface area contributed by atoms with Crippen LogP contribution in [0.1, 0.15) is 5.56 Å². The molecule has 0 radical (unpaired) electrons. The second-order valence-corrected chi connectivity index (χ2v) is 6.37. The van der Waals surface area contributed by atoms with Gasteiger partial charge in [0.15, 0.2) is 0 Å². The van der Waals surface area contributed by atoms with Gasteiger partial charge in [-0.2, -0.15) is 0 Å². The summed E-state index contributed by atoms with van der Waals surface area (Å²) in [4.78, 5) is 4.23. The van der Waals surface area contributed by atoms with E-state index >= 15 is 0 Å². The van der Waals surface area contributed by atoms with Crippen LogP contribution in [0.2, 0.25) is 0 Å². The number of halogens is 1. The second-order valence-electron chi connectivity index (χ2n) is 5.52. The monoisotopic (exact) mass is 362 g/mol. The molecular formula is C20H15BrN2. The van der Waals surface area contributed by atoms with E-state index in [-0.39, 0.29) is 0 Å². The quantitative estimate of drug-likeness (QED) is 0.469. The fourth-order valence-electron chi connectivity index (χ4n) is 3.01. The van der Waals surface area contributed by atoms with Gasteiger partial charge < -0.3 is 4.57 Å². The van der Waals surface area contributed by atoms with Crippen molar-refractivity contribution in [2.45, 2.75) is 6.54 Å². The second kappa shape index (κ2) is 6.01. The van der Waals surface area contributed by atoms with E-state index in [1.54, 1.807) is 6.20 Å². The first-order valence-electron chi connectivity index (χ1n) is 7.54. The minimum absolute atomic E-state index is 0.831. The molecule has 0 fully saturated rings. The summed E-state index contributed by atoms with van der Waals surface area (Å²) in [6, 6.07) is 21.1. The van der Waals surface area contributed by atoms with E-state index in [0.717, 1.165) is 16.6 Å². The zero-order chi connectivity index (χ0) is 15.6. The standard InChI is InChI=1S/C20H15BrN2/c21-18-9-2-6-15-5-1-7-17(20(15)18)14-23-12-4-10-19(23)16-8-3-11-22-13-16/h1-13H,14H2. The van der Waals surface area contributed by atoms with Crippen molar-refractivity contribution in [3.8, 4) is 11.3 Å². The smallest absolute Gasteiger partial charge is 0.0499 e. The Morgan fingerprint density at radius 3 is 2.61 bits per heavy atom. The highest BCUT2D eigenvalue weighted by molar-refractivity contribution is 9.10. The van der Waals surface area contributed by atoms with E-state index in [0.29, 0.717) is 0 Å². The normalized spacial score (nSPS) is 11.0. The van der Waals surface area contributed by atoms with Gasteiger partial charge in [-0.1, -0.05) is 46.3 Å². The molecule has 0 N–H and O–H groups in total. The van der Waals surface area contributed by atoms with Crippen molar-refractivity contribution < 1.29 is 0 Å². The Morgan fingerprint density at radius 1 is 0.913 bits per heavy atom. The molecule has 2 aromatic heterocycles. The zero-order valence-corrected chi connectivity index (χ0v) is 14.1. The molecule has 0 bridgehead atoms. The summed E-state index contributed by atoms with van der Waals surface area (Å²) in [6.07, 6.45) is 5.83. The van der Waals surface area contributed by atoms with Crippen LogP contribution in [-0.2, 0) is 6.54 Å². The summed E-state index contributed by atoms with van der Waals surface area (Å²) in [7, 11) is 0. The topological polar surface area (TPSA) is 17.8 Å². The molecule has 0 aliphatic rings. The summed E-state index contributed by atoms with van der Waals surface area (Å²) < 4.78 is 3.41. The van der Waals surface area contributed by atoms with Crippen LogP contribution in [0.25, 0.3) is 22.0 Å². The van der Waals surface area contributed by atoms with E-state index < -0.39 is 0 Å². The average molecular weight is 363 g/mol. The molecule has 0 unspecified atom stereocenters. The molecule has 4 aromatic rings. The zero-order valence-electron chi connectivity index (χ0n) is 12.5. The van der Waals surface area contributed by atoms with Crippen molar-refractivity contribution in [2.24, 2.45) is 0 Å². The molecular weight excluding hydrogens is 348 g/mol. The Hall–Kier alpha value is -2.39. The van der Waals surface area contributed by atoms with Crippen LogP contribution in [0.3, 0.4) is 0 Å². The van der Waals surface area contributed by atoms with E-state index in [4.69, 9.17) is 0 Å². The molecule has 0 amide bonds. The number of aromatic nitrogens is 2. The lowest BCUT2D eigenvalue weighted by molar-refractivity contribution is 0.819. The molecule has 23 heavy (non-hydrogen) atoms. The number of rotatable bonds is 3. The summed E-state index contributed by atoms with van der Waals surface area (Å²) in [5, 5.41) is 2.53. The first-order valence-corrected chi connectivity index (χ1v) is 8.34. The number of pyridine rings is 1. The van der Waals surface area contributed by atoms with E-state index in [2.05, 4.69) is 86.3 Å². The first-order chi connectivity index (χ1) is 11.3. The van der Waals surface area contributed by atoms with Crippen LogP contribution in [0.5, 0.6) is 0 Å². The Labute approximate surface area is 143 Å². The summed E-state index contributed by atoms with van der Waals surface area (Å²) in [5.41, 5.74) is 3.62. The lowest BCUT2D eigenvalue weighted by Gasteiger charge is -2.12. The lowest BCUT2D eigenvalue weighted by atomic mass is 10.0. The highest BCUT2D eigenvalue weighted by Crippen LogP contribution is 2.29. The Balaban J connectivity index is 1.80. The first kappa shape index (κ1) is 14.2. The highest BCUT2D eigenvalue weighted by atomic mass is 79.9. The van der Waals surface area contributed by atoms with Gasteiger partial charge in [-0.05, 0) is 41.3 Å². The lowest BCUT2D eigenvalue weighted by Crippen LogP contribution is -2.01. The molecule has 0 aliphatic heterocycles. The van der Waals surface area contributed by atoms with Crippen LogP contribution in [0.4, 0.5) is 0 Å². The third-order valence-electron chi connectivity index (χ3n) is 4.07. The van der Waals surface area contributed by atoms with E-state index in [1.807, 2.05) is 12.3 Å². The molecule has 2 nitrogen and oxygen atoms in total.